The number of aryl methyl sites for hydroxylation is 2. The second-order valence-corrected chi connectivity index (χ2v) is 8.84. The highest BCUT2D eigenvalue weighted by Gasteiger charge is 2.21. The number of hydrogen-bond acceptors (Lipinski definition) is 5. The summed E-state index contributed by atoms with van der Waals surface area (Å²) in [7, 11) is 1.79. The van der Waals surface area contributed by atoms with Crippen LogP contribution in [-0.4, -0.2) is 66.0 Å². The van der Waals surface area contributed by atoms with E-state index in [0.29, 0.717) is 48.3 Å². The van der Waals surface area contributed by atoms with Crippen LogP contribution in [0.5, 0.6) is 0 Å². The van der Waals surface area contributed by atoms with Gasteiger partial charge in [0.05, 0.1) is 25.1 Å². The van der Waals surface area contributed by atoms with Crippen molar-refractivity contribution in [2.24, 2.45) is 7.05 Å². The molecule has 1 saturated heterocycles. The van der Waals surface area contributed by atoms with Crippen molar-refractivity contribution in [3.63, 3.8) is 0 Å². The zero-order valence-corrected chi connectivity index (χ0v) is 20.6. The van der Waals surface area contributed by atoms with Gasteiger partial charge in [-0.25, -0.2) is 4.79 Å². The fourth-order valence-electron chi connectivity index (χ4n) is 3.91. The molecule has 0 aliphatic carbocycles. The van der Waals surface area contributed by atoms with Gasteiger partial charge >= 0.3 is 6.03 Å². The van der Waals surface area contributed by atoms with E-state index < -0.39 is 0 Å². The number of ether oxygens (including phenoxy) is 1. The van der Waals surface area contributed by atoms with Crippen LogP contribution >= 0.6 is 11.6 Å². The van der Waals surface area contributed by atoms with Crippen LogP contribution in [0.15, 0.2) is 54.9 Å². The van der Waals surface area contributed by atoms with Crippen LogP contribution in [0.3, 0.4) is 0 Å². The summed E-state index contributed by atoms with van der Waals surface area (Å²) >= 11 is 5.98. The molecule has 0 spiro atoms. The zero-order chi connectivity index (χ0) is 24.8. The van der Waals surface area contributed by atoms with E-state index in [9.17, 15) is 9.59 Å². The molecule has 0 bridgehead atoms. The van der Waals surface area contributed by atoms with Crippen LogP contribution < -0.4 is 15.5 Å². The molecular formula is C25H29ClN6O3. The van der Waals surface area contributed by atoms with Crippen molar-refractivity contribution in [2.45, 2.75) is 6.92 Å². The van der Waals surface area contributed by atoms with Crippen molar-refractivity contribution in [3.05, 3.63) is 71.0 Å². The number of nitrogens with one attached hydrogen (secondary N) is 2. The Labute approximate surface area is 209 Å². The van der Waals surface area contributed by atoms with Crippen LogP contribution in [-0.2, 0) is 11.8 Å². The summed E-state index contributed by atoms with van der Waals surface area (Å²) < 4.78 is 7.06. The number of nitrogens with zero attached hydrogens (tertiary/aromatic N) is 4. The van der Waals surface area contributed by atoms with Gasteiger partial charge in [0.1, 0.15) is 0 Å². The summed E-state index contributed by atoms with van der Waals surface area (Å²) in [6.07, 6.45) is 3.32. The molecule has 2 N–H and O–H groups in total. The third-order valence-electron chi connectivity index (χ3n) is 5.80. The molecule has 0 saturated carbocycles. The van der Waals surface area contributed by atoms with Gasteiger partial charge in [-0.3, -0.25) is 19.3 Å². The number of amides is 3. The van der Waals surface area contributed by atoms with Crippen molar-refractivity contribution in [1.29, 1.82) is 0 Å². The number of carbonyl (C=O) groups excluding carboxylic acids is 2. The molecule has 1 fully saturated rings. The smallest absolute Gasteiger partial charge is 0.326 e. The number of morpholine rings is 1. The number of benzene rings is 2. The molecule has 2 heterocycles. The van der Waals surface area contributed by atoms with E-state index in [1.807, 2.05) is 13.0 Å². The van der Waals surface area contributed by atoms with Gasteiger partial charge in [0, 0.05) is 61.4 Å². The topological polar surface area (TPSA) is 91.7 Å². The van der Waals surface area contributed by atoms with Crippen LogP contribution in [0.25, 0.3) is 0 Å². The zero-order valence-electron chi connectivity index (χ0n) is 19.8. The Morgan fingerprint density at radius 3 is 2.49 bits per heavy atom. The predicted molar refractivity (Wildman–Crippen MR) is 137 cm³/mol. The first-order chi connectivity index (χ1) is 16.9. The summed E-state index contributed by atoms with van der Waals surface area (Å²) in [5.74, 6) is -0.238. The number of carbonyl (C=O) groups is 2. The highest BCUT2D eigenvalue weighted by atomic mass is 35.5. The van der Waals surface area contributed by atoms with E-state index in [0.717, 1.165) is 24.3 Å². The summed E-state index contributed by atoms with van der Waals surface area (Å²) in [5, 5.41) is 10.5. The fourth-order valence-corrected chi connectivity index (χ4v) is 4.04. The average Bonchev–Trinajstić information content (AvgIpc) is 3.26. The molecule has 0 unspecified atom stereocenters. The van der Waals surface area contributed by atoms with Crippen molar-refractivity contribution < 1.29 is 14.3 Å². The van der Waals surface area contributed by atoms with E-state index in [4.69, 9.17) is 16.3 Å². The number of halogens is 1. The van der Waals surface area contributed by atoms with Gasteiger partial charge in [-0.05, 0) is 55.0 Å². The van der Waals surface area contributed by atoms with Crippen molar-refractivity contribution in [2.75, 3.05) is 54.9 Å². The Hall–Kier alpha value is -3.40. The molecule has 2 aromatic carbocycles. The Morgan fingerprint density at radius 1 is 1.09 bits per heavy atom. The molecule has 1 aromatic heterocycles. The van der Waals surface area contributed by atoms with Gasteiger partial charge in [0.2, 0.25) is 0 Å². The molecule has 3 amide bonds. The molecule has 1 aliphatic heterocycles. The van der Waals surface area contributed by atoms with Crippen LogP contribution in [0, 0.1) is 6.92 Å². The maximum atomic E-state index is 13.3. The number of hydrogen-bond donors (Lipinski definition) is 2. The van der Waals surface area contributed by atoms with E-state index in [2.05, 4.69) is 20.6 Å². The summed E-state index contributed by atoms with van der Waals surface area (Å²) in [6, 6.07) is 12.1. The van der Waals surface area contributed by atoms with Crippen LogP contribution in [0.1, 0.15) is 15.9 Å². The molecule has 1 aliphatic rings. The quantitative estimate of drug-likeness (QED) is 0.515. The van der Waals surface area contributed by atoms with E-state index in [1.54, 1.807) is 65.4 Å². The van der Waals surface area contributed by atoms with Crippen molar-refractivity contribution in [3.8, 4) is 0 Å². The third kappa shape index (κ3) is 6.60. The number of urea groups is 1. The Bertz CT molecular complexity index is 1170. The lowest BCUT2D eigenvalue weighted by Gasteiger charge is -2.31. The van der Waals surface area contributed by atoms with E-state index in [-0.39, 0.29) is 11.9 Å². The number of anilines is 3. The lowest BCUT2D eigenvalue weighted by molar-refractivity contribution is 0.0393. The highest BCUT2D eigenvalue weighted by molar-refractivity contribution is 6.30. The number of rotatable bonds is 7. The van der Waals surface area contributed by atoms with Crippen LogP contribution in [0.4, 0.5) is 21.9 Å². The molecule has 3 aromatic rings. The molecule has 4 rings (SSSR count). The van der Waals surface area contributed by atoms with Gasteiger partial charge in [-0.2, -0.15) is 5.10 Å². The minimum atomic E-state index is -0.253. The Morgan fingerprint density at radius 2 is 1.83 bits per heavy atom. The van der Waals surface area contributed by atoms with Gasteiger partial charge in [0.15, 0.2) is 0 Å². The molecule has 0 atom stereocenters. The molecule has 9 nitrogen and oxygen atoms in total. The normalized spacial score (nSPS) is 13.9. The SMILES string of the molecule is Cc1cc(C(=O)Nc2cnn(C)c2)ccc1N(CCN1CCOCC1)C(=O)Nc1ccc(Cl)cc1. The van der Waals surface area contributed by atoms with Gasteiger partial charge in [0.25, 0.3) is 5.91 Å². The molecule has 0 radical (unpaired) electrons. The van der Waals surface area contributed by atoms with Gasteiger partial charge in [-0.15, -0.1) is 0 Å². The molecule has 184 valence electrons. The van der Waals surface area contributed by atoms with Gasteiger partial charge in [-0.1, -0.05) is 11.6 Å². The Kier molecular flexibility index (Phi) is 8.02. The molecular weight excluding hydrogens is 468 g/mol. The van der Waals surface area contributed by atoms with Crippen LogP contribution in [0.2, 0.25) is 5.02 Å². The van der Waals surface area contributed by atoms with E-state index >= 15 is 0 Å². The second kappa shape index (κ2) is 11.4. The maximum absolute atomic E-state index is 13.3. The summed E-state index contributed by atoms with van der Waals surface area (Å²) in [5.41, 5.74) is 3.33. The van der Waals surface area contributed by atoms with Crippen molar-refractivity contribution >= 4 is 40.6 Å². The predicted octanol–water partition coefficient (Wildman–Crippen LogP) is 4.00. The summed E-state index contributed by atoms with van der Waals surface area (Å²) in [6.45, 7) is 6.14. The first-order valence-electron chi connectivity index (χ1n) is 11.4. The highest BCUT2D eigenvalue weighted by Crippen LogP contribution is 2.24. The van der Waals surface area contributed by atoms with Gasteiger partial charge < -0.3 is 15.4 Å². The first-order valence-corrected chi connectivity index (χ1v) is 11.8. The third-order valence-corrected chi connectivity index (χ3v) is 6.05. The lowest BCUT2D eigenvalue weighted by Crippen LogP contribution is -2.44. The second-order valence-electron chi connectivity index (χ2n) is 8.40. The van der Waals surface area contributed by atoms with E-state index in [1.165, 1.54) is 0 Å². The molecule has 35 heavy (non-hydrogen) atoms. The monoisotopic (exact) mass is 496 g/mol. The summed E-state index contributed by atoms with van der Waals surface area (Å²) in [4.78, 5) is 30.0. The standard InChI is InChI=1S/C25H29ClN6O3/c1-18-15-19(24(33)28-22-16-27-30(2)17-22)3-8-23(18)32(10-9-31-11-13-35-14-12-31)25(34)29-21-6-4-20(26)5-7-21/h3-8,15-17H,9-14H2,1-2H3,(H,28,33)(H,29,34). The lowest BCUT2D eigenvalue weighted by atomic mass is 10.1. The fraction of sp³-hybridized carbons (Fsp3) is 0.320. The minimum Gasteiger partial charge on any atom is -0.379 e. The minimum absolute atomic E-state index is 0.238. The van der Waals surface area contributed by atoms with Crippen molar-refractivity contribution in [1.82, 2.24) is 14.7 Å². The Balaban J connectivity index is 1.52. The largest absolute Gasteiger partial charge is 0.379 e. The molecule has 10 heteroatoms. The first kappa shape index (κ1) is 24.7. The number of aromatic nitrogens is 2. The maximum Gasteiger partial charge on any atom is 0.326 e. The average molecular weight is 497 g/mol.